The molecule has 0 aliphatic heterocycles. The number of aromatic nitrogens is 5. The minimum absolute atomic E-state index is 0.0524. The third-order valence-electron chi connectivity index (χ3n) is 13.2. The first-order valence-corrected chi connectivity index (χ1v) is 23.0. The number of nitriles is 2. The highest BCUT2D eigenvalue weighted by molar-refractivity contribution is 6.11. The predicted molar refractivity (Wildman–Crippen MR) is 277 cm³/mol. The fraction of sp³-hybridized carbons (Fsp3) is 0.131. The van der Waals surface area contributed by atoms with E-state index < -0.39 is 0 Å². The van der Waals surface area contributed by atoms with Crippen LogP contribution in [0.2, 0.25) is 0 Å². The van der Waals surface area contributed by atoms with E-state index in [0.29, 0.717) is 28.6 Å². The third-order valence-corrected chi connectivity index (χ3v) is 13.2. The Bertz CT molecular complexity index is 3900. The molecule has 68 heavy (non-hydrogen) atoms. The van der Waals surface area contributed by atoms with Crippen molar-refractivity contribution in [3.63, 3.8) is 0 Å². The van der Waals surface area contributed by atoms with Crippen LogP contribution in [-0.2, 0) is 10.8 Å². The average molecular weight is 878 g/mol. The second-order valence-corrected chi connectivity index (χ2v) is 19.6. The monoisotopic (exact) mass is 877 g/mol. The van der Waals surface area contributed by atoms with Crippen molar-refractivity contribution >= 4 is 43.6 Å². The van der Waals surface area contributed by atoms with Gasteiger partial charge in [0.25, 0.3) is 0 Å². The Morgan fingerprint density at radius 3 is 1.43 bits per heavy atom. The maximum atomic E-state index is 10.4. The van der Waals surface area contributed by atoms with Gasteiger partial charge in [-0.1, -0.05) is 145 Å². The van der Waals surface area contributed by atoms with E-state index >= 15 is 0 Å². The summed E-state index contributed by atoms with van der Waals surface area (Å²) < 4.78 is 4.56. The maximum Gasteiger partial charge on any atom is 0.166 e. The van der Waals surface area contributed by atoms with Crippen LogP contribution < -0.4 is 0 Å². The van der Waals surface area contributed by atoms with Crippen molar-refractivity contribution in [2.75, 3.05) is 0 Å². The predicted octanol–water partition coefficient (Wildman–Crippen LogP) is 15.1. The van der Waals surface area contributed by atoms with E-state index in [-0.39, 0.29) is 10.8 Å². The fourth-order valence-electron chi connectivity index (χ4n) is 9.61. The van der Waals surface area contributed by atoms with Crippen molar-refractivity contribution in [1.82, 2.24) is 24.1 Å². The Morgan fingerprint density at radius 2 is 0.868 bits per heavy atom. The molecule has 0 fully saturated rings. The summed E-state index contributed by atoms with van der Waals surface area (Å²) in [7, 11) is 0. The van der Waals surface area contributed by atoms with E-state index in [1.165, 1.54) is 11.1 Å². The molecule has 0 bridgehead atoms. The van der Waals surface area contributed by atoms with Crippen LogP contribution in [0, 0.1) is 22.7 Å². The number of hydrogen-bond donors (Lipinski definition) is 0. The van der Waals surface area contributed by atoms with Gasteiger partial charge in [-0.15, -0.1) is 0 Å². The summed E-state index contributed by atoms with van der Waals surface area (Å²) in [5, 5.41) is 25.2. The van der Waals surface area contributed by atoms with Crippen molar-refractivity contribution in [3.05, 3.63) is 198 Å². The highest BCUT2D eigenvalue weighted by Crippen LogP contribution is 2.42. The Kier molecular flexibility index (Phi) is 9.92. The molecule has 0 atom stereocenters. The van der Waals surface area contributed by atoms with Gasteiger partial charge < -0.3 is 9.13 Å². The molecular weight excluding hydrogens is 831 g/mol. The zero-order valence-corrected chi connectivity index (χ0v) is 38.9. The Labute approximate surface area is 395 Å². The summed E-state index contributed by atoms with van der Waals surface area (Å²) in [6, 6.07) is 65.1. The van der Waals surface area contributed by atoms with Crippen molar-refractivity contribution in [1.29, 1.82) is 10.5 Å². The Balaban J connectivity index is 1.22. The van der Waals surface area contributed by atoms with Gasteiger partial charge in [-0.3, -0.25) is 0 Å². The highest BCUT2D eigenvalue weighted by atomic mass is 15.1. The lowest BCUT2D eigenvalue weighted by atomic mass is 9.86. The lowest BCUT2D eigenvalue weighted by Gasteiger charge is -2.20. The van der Waals surface area contributed by atoms with Crippen LogP contribution in [0.5, 0.6) is 0 Å². The summed E-state index contributed by atoms with van der Waals surface area (Å²) in [5.41, 5.74) is 13.3. The topological polar surface area (TPSA) is 96.1 Å². The summed E-state index contributed by atoms with van der Waals surface area (Å²) in [6.45, 7) is 13.4. The van der Waals surface area contributed by atoms with E-state index in [1.54, 1.807) is 0 Å². The van der Waals surface area contributed by atoms with Crippen LogP contribution in [0.4, 0.5) is 0 Å². The first-order chi connectivity index (χ1) is 32.9. The standard InChI is InChI=1S/C61H47N7/c1-60(2,3)42-26-30-53-49(34-42)45-20-12-14-22-51(45)67(53)55-32-38(36-62)24-28-47(55)58-64-57(39-16-8-7-9-17-39)65-59(66-58)48-29-25-40(44-19-11-10-18-41(44)37-63)33-56(48)68-52-23-15-13-21-46(52)50-35-43(61(4,5)6)27-31-54(50)68/h7-35H,1-6H3. The van der Waals surface area contributed by atoms with E-state index in [4.69, 9.17) is 15.0 Å². The van der Waals surface area contributed by atoms with E-state index in [1.807, 2.05) is 72.8 Å². The molecule has 8 aromatic carbocycles. The second-order valence-electron chi connectivity index (χ2n) is 19.6. The van der Waals surface area contributed by atoms with Gasteiger partial charge in [0.2, 0.25) is 0 Å². The molecule has 0 radical (unpaired) electrons. The molecule has 0 saturated heterocycles. The van der Waals surface area contributed by atoms with Crippen LogP contribution in [0.1, 0.15) is 63.8 Å². The van der Waals surface area contributed by atoms with Crippen LogP contribution in [0.3, 0.4) is 0 Å². The van der Waals surface area contributed by atoms with Crippen molar-refractivity contribution in [2.45, 2.75) is 52.4 Å². The van der Waals surface area contributed by atoms with Gasteiger partial charge in [0.1, 0.15) is 0 Å². The molecule has 0 aliphatic rings. The minimum atomic E-state index is -0.0581. The molecule has 7 heteroatoms. The van der Waals surface area contributed by atoms with Gasteiger partial charge in [0.15, 0.2) is 17.5 Å². The van der Waals surface area contributed by atoms with Crippen molar-refractivity contribution in [2.24, 2.45) is 0 Å². The quantitative estimate of drug-likeness (QED) is 0.166. The van der Waals surface area contributed by atoms with E-state index in [9.17, 15) is 10.5 Å². The zero-order valence-electron chi connectivity index (χ0n) is 38.9. The molecule has 326 valence electrons. The third kappa shape index (κ3) is 7.08. The summed E-state index contributed by atoms with van der Waals surface area (Å²) in [4.78, 5) is 16.1. The number of benzene rings is 8. The van der Waals surface area contributed by atoms with Gasteiger partial charge in [0.05, 0.1) is 56.7 Å². The van der Waals surface area contributed by atoms with Crippen molar-refractivity contribution in [3.8, 4) is 68.8 Å². The normalized spacial score (nSPS) is 11.9. The smallest absolute Gasteiger partial charge is 0.166 e. The van der Waals surface area contributed by atoms with Crippen LogP contribution in [-0.4, -0.2) is 24.1 Å². The number of para-hydroxylation sites is 2. The first kappa shape index (κ1) is 42.0. The molecule has 3 aromatic heterocycles. The zero-order chi connectivity index (χ0) is 46.9. The largest absolute Gasteiger partial charge is 0.308 e. The molecule has 3 heterocycles. The van der Waals surface area contributed by atoms with E-state index in [2.05, 4.69) is 166 Å². The van der Waals surface area contributed by atoms with Gasteiger partial charge in [-0.25, -0.2) is 15.0 Å². The molecule has 0 unspecified atom stereocenters. The van der Waals surface area contributed by atoms with Gasteiger partial charge >= 0.3 is 0 Å². The molecule has 11 aromatic rings. The SMILES string of the molecule is CC(C)(C)c1ccc2c(c1)c1ccccc1n2-c1cc(C#N)ccc1-c1nc(-c2ccccc2)nc(-c2ccc(-c3ccccc3C#N)cc2-n2c3ccccc3c3cc(C(C)(C)C)ccc32)n1. The lowest BCUT2D eigenvalue weighted by Crippen LogP contribution is -2.10. The highest BCUT2D eigenvalue weighted by Gasteiger charge is 2.25. The molecule has 0 aliphatic carbocycles. The van der Waals surface area contributed by atoms with Crippen molar-refractivity contribution < 1.29 is 0 Å². The second kappa shape index (κ2) is 16.0. The molecular formula is C61H47N7. The lowest BCUT2D eigenvalue weighted by molar-refractivity contribution is 0.591. The summed E-state index contributed by atoms with van der Waals surface area (Å²) in [6.07, 6.45) is 0. The molecule has 0 saturated carbocycles. The van der Waals surface area contributed by atoms with Crippen LogP contribution >= 0.6 is 0 Å². The summed E-state index contributed by atoms with van der Waals surface area (Å²) in [5.74, 6) is 1.46. The van der Waals surface area contributed by atoms with Gasteiger partial charge in [-0.2, -0.15) is 10.5 Å². The van der Waals surface area contributed by atoms with Gasteiger partial charge in [0, 0.05) is 38.2 Å². The number of rotatable bonds is 6. The van der Waals surface area contributed by atoms with Crippen LogP contribution in [0.25, 0.3) is 100 Å². The molecule has 11 rings (SSSR count). The Hall–Kier alpha value is -8.65. The fourth-order valence-corrected chi connectivity index (χ4v) is 9.61. The average Bonchev–Trinajstić information content (AvgIpc) is 3.87. The van der Waals surface area contributed by atoms with E-state index in [0.717, 1.165) is 82.8 Å². The summed E-state index contributed by atoms with van der Waals surface area (Å²) >= 11 is 0. The molecule has 0 spiro atoms. The first-order valence-electron chi connectivity index (χ1n) is 23.0. The number of nitrogens with zero attached hydrogens (tertiary/aromatic N) is 7. The molecule has 0 N–H and O–H groups in total. The molecule has 0 amide bonds. The molecule has 7 nitrogen and oxygen atoms in total. The minimum Gasteiger partial charge on any atom is -0.308 e. The number of hydrogen-bond acceptors (Lipinski definition) is 5. The maximum absolute atomic E-state index is 10.4. The van der Waals surface area contributed by atoms with Gasteiger partial charge in [-0.05, 0) is 106 Å². The number of fused-ring (bicyclic) bond motifs is 6. The Morgan fingerprint density at radius 1 is 0.382 bits per heavy atom. The van der Waals surface area contributed by atoms with Crippen LogP contribution in [0.15, 0.2) is 176 Å².